The van der Waals surface area contributed by atoms with E-state index in [-0.39, 0.29) is 24.2 Å². The lowest BCUT2D eigenvalue weighted by molar-refractivity contribution is -0.139. The van der Waals surface area contributed by atoms with Crippen molar-refractivity contribution < 1.29 is 14.3 Å². The third kappa shape index (κ3) is 4.86. The van der Waals surface area contributed by atoms with Gasteiger partial charge in [-0.15, -0.1) is 0 Å². The number of hydrogen-bond acceptors (Lipinski definition) is 3. The third-order valence-electron chi connectivity index (χ3n) is 4.66. The minimum Gasteiger partial charge on any atom is -0.462 e. The number of carbonyl (C=O) groups excluding carboxylic acids is 2. The Hall–Kier alpha value is -2.40. The van der Waals surface area contributed by atoms with Gasteiger partial charge in [0.05, 0.1) is 12.2 Å². The molecule has 1 heterocycles. The molecule has 0 aromatic heterocycles. The van der Waals surface area contributed by atoms with E-state index in [2.05, 4.69) is 33.4 Å². The Morgan fingerprint density at radius 3 is 2.59 bits per heavy atom. The summed E-state index contributed by atoms with van der Waals surface area (Å²) < 4.78 is 6.42. The third-order valence-corrected chi connectivity index (χ3v) is 5.38. The van der Waals surface area contributed by atoms with E-state index in [9.17, 15) is 9.59 Å². The molecule has 0 spiro atoms. The van der Waals surface area contributed by atoms with Crippen LogP contribution < -0.4 is 5.32 Å². The lowest BCUT2D eigenvalue weighted by Gasteiger charge is -2.27. The monoisotopic (exact) mass is 427 g/mol. The van der Waals surface area contributed by atoms with Crippen LogP contribution in [-0.4, -0.2) is 18.5 Å². The highest BCUT2D eigenvalue weighted by Gasteiger charge is 2.33. The first-order valence-electron chi connectivity index (χ1n) is 9.02. The van der Waals surface area contributed by atoms with Crippen molar-refractivity contribution in [3.05, 3.63) is 81.5 Å². The van der Waals surface area contributed by atoms with Crippen LogP contribution >= 0.6 is 15.9 Å². The molecule has 5 heteroatoms. The van der Waals surface area contributed by atoms with E-state index in [0.717, 1.165) is 22.9 Å². The zero-order valence-corrected chi connectivity index (χ0v) is 16.8. The van der Waals surface area contributed by atoms with Crippen molar-refractivity contribution in [2.45, 2.75) is 32.1 Å². The van der Waals surface area contributed by atoms with Crippen molar-refractivity contribution in [2.75, 3.05) is 6.61 Å². The number of aryl methyl sites for hydroxylation is 1. The summed E-state index contributed by atoms with van der Waals surface area (Å²) in [5, 5.41) is 2.77. The van der Waals surface area contributed by atoms with E-state index in [4.69, 9.17) is 4.74 Å². The predicted octanol–water partition coefficient (Wildman–Crippen LogP) is 4.50. The molecule has 3 rings (SSSR count). The molecule has 0 bridgehead atoms. The molecule has 2 aromatic rings. The normalized spacial score (nSPS) is 16.8. The van der Waals surface area contributed by atoms with Crippen molar-refractivity contribution in [2.24, 2.45) is 0 Å². The van der Waals surface area contributed by atoms with Crippen molar-refractivity contribution in [3.63, 3.8) is 0 Å². The van der Waals surface area contributed by atoms with Crippen molar-refractivity contribution in [1.82, 2.24) is 5.32 Å². The first kappa shape index (κ1) is 19.4. The molecule has 0 aliphatic carbocycles. The van der Waals surface area contributed by atoms with Crippen LogP contribution in [0.25, 0.3) is 0 Å². The summed E-state index contributed by atoms with van der Waals surface area (Å²) in [6, 6.07) is 17.8. The highest BCUT2D eigenvalue weighted by molar-refractivity contribution is 9.10. The van der Waals surface area contributed by atoms with Crippen molar-refractivity contribution in [1.29, 1.82) is 0 Å². The van der Waals surface area contributed by atoms with Gasteiger partial charge in [0.1, 0.15) is 0 Å². The van der Waals surface area contributed by atoms with E-state index in [1.807, 2.05) is 42.5 Å². The standard InChI is InChI=1S/C22H22BrNO3/c1-15-21(22(26)27-13-7-10-16-8-3-2-4-9-16)18(14-20(25)24-15)17-11-5-6-12-19(17)23/h2-6,8-9,11-12,18H,7,10,13-14H2,1H3,(H,24,25)/t18-/m1/s1. The molecule has 1 amide bonds. The van der Waals surface area contributed by atoms with Gasteiger partial charge in [0.15, 0.2) is 0 Å². The Kier molecular flexibility index (Phi) is 6.45. The topological polar surface area (TPSA) is 55.4 Å². The zero-order valence-electron chi connectivity index (χ0n) is 15.2. The van der Waals surface area contributed by atoms with E-state index >= 15 is 0 Å². The second-order valence-corrected chi connectivity index (χ2v) is 7.44. The molecule has 0 fully saturated rings. The molecular weight excluding hydrogens is 406 g/mol. The van der Waals surface area contributed by atoms with Crippen molar-refractivity contribution >= 4 is 27.8 Å². The average Bonchev–Trinajstić information content (AvgIpc) is 2.65. The summed E-state index contributed by atoms with van der Waals surface area (Å²) in [6.07, 6.45) is 1.85. The Labute approximate surface area is 167 Å². The minimum absolute atomic E-state index is 0.0890. The molecule has 1 N–H and O–H groups in total. The van der Waals surface area contributed by atoms with Crippen LogP contribution in [0, 0.1) is 0 Å². The fraction of sp³-hybridized carbons (Fsp3) is 0.273. The van der Waals surface area contributed by atoms with Crippen LogP contribution in [-0.2, 0) is 20.7 Å². The largest absolute Gasteiger partial charge is 0.462 e. The van der Waals surface area contributed by atoms with Crippen LogP contribution in [0.1, 0.15) is 36.8 Å². The predicted molar refractivity (Wildman–Crippen MR) is 108 cm³/mol. The minimum atomic E-state index is -0.360. The van der Waals surface area contributed by atoms with Gasteiger partial charge in [0.25, 0.3) is 0 Å². The van der Waals surface area contributed by atoms with E-state index in [1.165, 1.54) is 5.56 Å². The SMILES string of the molecule is CC1=C(C(=O)OCCCc2ccccc2)[C@@H](c2ccccc2Br)CC(=O)N1. The number of ether oxygens (including phenoxy) is 1. The second-order valence-electron chi connectivity index (χ2n) is 6.59. The molecule has 1 aliphatic rings. The fourth-order valence-electron chi connectivity index (χ4n) is 3.36. The van der Waals surface area contributed by atoms with Gasteiger partial charge in [-0.25, -0.2) is 4.79 Å². The smallest absolute Gasteiger partial charge is 0.336 e. The van der Waals surface area contributed by atoms with Gasteiger partial charge in [-0.3, -0.25) is 4.79 Å². The van der Waals surface area contributed by atoms with Crippen LogP contribution in [0.15, 0.2) is 70.3 Å². The maximum Gasteiger partial charge on any atom is 0.336 e. The summed E-state index contributed by atoms with van der Waals surface area (Å²) >= 11 is 3.53. The maximum atomic E-state index is 12.8. The van der Waals surface area contributed by atoms with Crippen LogP contribution in [0.5, 0.6) is 0 Å². The van der Waals surface area contributed by atoms with E-state index < -0.39 is 0 Å². The number of allylic oxidation sites excluding steroid dienone is 1. The lowest BCUT2D eigenvalue weighted by Crippen LogP contribution is -2.34. The molecule has 1 atom stereocenters. The molecule has 1 aliphatic heterocycles. The molecule has 2 aromatic carbocycles. The fourth-order valence-corrected chi connectivity index (χ4v) is 3.92. The van der Waals surface area contributed by atoms with Gasteiger partial charge >= 0.3 is 5.97 Å². The van der Waals surface area contributed by atoms with Crippen LogP contribution in [0.3, 0.4) is 0 Å². The quantitative estimate of drug-likeness (QED) is 0.545. The Bertz CT molecular complexity index is 861. The highest BCUT2D eigenvalue weighted by Crippen LogP contribution is 2.37. The highest BCUT2D eigenvalue weighted by atomic mass is 79.9. The number of carbonyl (C=O) groups is 2. The van der Waals surface area contributed by atoms with Gasteiger partial charge < -0.3 is 10.1 Å². The van der Waals surface area contributed by atoms with Gasteiger partial charge in [-0.05, 0) is 37.0 Å². The van der Waals surface area contributed by atoms with Crippen molar-refractivity contribution in [3.8, 4) is 0 Å². The zero-order chi connectivity index (χ0) is 19.2. The number of amides is 1. The second kappa shape index (κ2) is 9.00. The van der Waals surface area contributed by atoms with E-state index in [0.29, 0.717) is 17.9 Å². The average molecular weight is 428 g/mol. The lowest BCUT2D eigenvalue weighted by atomic mass is 9.84. The summed E-state index contributed by atoms with van der Waals surface area (Å²) in [7, 11) is 0. The summed E-state index contributed by atoms with van der Waals surface area (Å²) in [6.45, 7) is 2.10. The molecule has 140 valence electrons. The molecule has 0 saturated carbocycles. The number of hydrogen-bond donors (Lipinski definition) is 1. The number of esters is 1. The molecule has 0 radical (unpaired) electrons. The number of halogens is 1. The number of rotatable bonds is 6. The first-order chi connectivity index (χ1) is 13.1. The van der Waals surface area contributed by atoms with Crippen LogP contribution in [0.4, 0.5) is 0 Å². The maximum absolute atomic E-state index is 12.8. The summed E-state index contributed by atoms with van der Waals surface area (Å²) in [4.78, 5) is 24.8. The van der Waals surface area contributed by atoms with Crippen LogP contribution in [0.2, 0.25) is 0 Å². The Morgan fingerprint density at radius 1 is 1.15 bits per heavy atom. The van der Waals surface area contributed by atoms with Gasteiger partial charge in [0.2, 0.25) is 5.91 Å². The molecular formula is C22H22BrNO3. The molecule has 0 saturated heterocycles. The summed E-state index contributed by atoms with van der Waals surface area (Å²) in [5.74, 6) is -0.758. The number of nitrogens with one attached hydrogen (secondary N) is 1. The molecule has 27 heavy (non-hydrogen) atoms. The number of benzene rings is 2. The van der Waals surface area contributed by atoms with Gasteiger partial charge in [0, 0.05) is 22.5 Å². The Balaban J connectivity index is 1.69. The van der Waals surface area contributed by atoms with Gasteiger partial charge in [-0.2, -0.15) is 0 Å². The van der Waals surface area contributed by atoms with Gasteiger partial charge in [-0.1, -0.05) is 64.5 Å². The summed E-state index contributed by atoms with van der Waals surface area (Å²) in [5.41, 5.74) is 3.24. The van der Waals surface area contributed by atoms with E-state index in [1.54, 1.807) is 6.92 Å². The molecule has 4 nitrogen and oxygen atoms in total. The first-order valence-corrected chi connectivity index (χ1v) is 9.81. The molecule has 0 unspecified atom stereocenters. The Morgan fingerprint density at radius 2 is 1.85 bits per heavy atom.